The van der Waals surface area contributed by atoms with Crippen LogP contribution in [0, 0.1) is 0 Å². The summed E-state index contributed by atoms with van der Waals surface area (Å²) in [6.45, 7) is 2.89. The summed E-state index contributed by atoms with van der Waals surface area (Å²) in [7, 11) is 0. The normalized spacial score (nSPS) is 14.6. The van der Waals surface area contributed by atoms with Crippen LogP contribution in [0.5, 0.6) is 0 Å². The Morgan fingerprint density at radius 1 is 1.05 bits per heavy atom. The fraction of sp³-hybridized carbons (Fsp3) is 0.353. The van der Waals surface area contributed by atoms with E-state index in [1.165, 1.54) is 29.2 Å². The highest BCUT2D eigenvalue weighted by molar-refractivity contribution is 8.93. The average Bonchev–Trinajstić information content (AvgIpc) is 2.76. The van der Waals surface area contributed by atoms with Crippen molar-refractivity contribution in [2.45, 2.75) is 19.3 Å². The van der Waals surface area contributed by atoms with Gasteiger partial charge in [0.1, 0.15) is 0 Å². The standard InChI is InChI=1S/C17H21N3.BrH/c1-2-6-16-13-14(7-8-15(16)5-1)9-12-20-17-18-10-3-4-11-19-17;/h1-2,5-8,13H,3-4,9-12H2,(H2,18,19,20);1H. The van der Waals surface area contributed by atoms with Crippen molar-refractivity contribution in [3.8, 4) is 0 Å². The van der Waals surface area contributed by atoms with E-state index in [4.69, 9.17) is 0 Å². The Morgan fingerprint density at radius 3 is 2.81 bits per heavy atom. The molecule has 0 spiro atoms. The van der Waals surface area contributed by atoms with Gasteiger partial charge < -0.3 is 10.6 Å². The average molecular weight is 348 g/mol. The van der Waals surface area contributed by atoms with Crippen molar-refractivity contribution < 1.29 is 0 Å². The number of nitrogens with zero attached hydrogens (tertiary/aromatic N) is 1. The van der Waals surface area contributed by atoms with Gasteiger partial charge in [-0.3, -0.25) is 4.99 Å². The molecule has 0 atom stereocenters. The second-order valence-electron chi connectivity index (χ2n) is 5.22. The van der Waals surface area contributed by atoms with Gasteiger partial charge in [0.15, 0.2) is 5.96 Å². The maximum Gasteiger partial charge on any atom is 0.191 e. The molecule has 2 N–H and O–H groups in total. The van der Waals surface area contributed by atoms with Crippen LogP contribution < -0.4 is 10.6 Å². The molecule has 0 aliphatic carbocycles. The van der Waals surface area contributed by atoms with E-state index in [0.717, 1.165) is 32.0 Å². The molecule has 0 unspecified atom stereocenters. The van der Waals surface area contributed by atoms with Gasteiger partial charge in [-0.05, 0) is 35.6 Å². The first-order valence-electron chi connectivity index (χ1n) is 7.42. The SMILES string of the molecule is Br.c1ccc2cc(CCNC3=NCCCCN3)ccc2c1. The predicted molar refractivity (Wildman–Crippen MR) is 95.5 cm³/mol. The molecular formula is C17H22BrN3. The van der Waals surface area contributed by atoms with Gasteiger partial charge in [-0.15, -0.1) is 17.0 Å². The number of fused-ring (bicyclic) bond motifs is 1. The number of hydrogen-bond acceptors (Lipinski definition) is 3. The van der Waals surface area contributed by atoms with E-state index in [-0.39, 0.29) is 17.0 Å². The molecule has 0 radical (unpaired) electrons. The van der Waals surface area contributed by atoms with Crippen LogP contribution in [0.4, 0.5) is 0 Å². The van der Waals surface area contributed by atoms with Crippen LogP contribution in [0.1, 0.15) is 18.4 Å². The summed E-state index contributed by atoms with van der Waals surface area (Å²) in [4.78, 5) is 4.50. The molecule has 112 valence electrons. The Hall–Kier alpha value is -1.55. The molecule has 2 aromatic carbocycles. The molecule has 0 saturated carbocycles. The van der Waals surface area contributed by atoms with E-state index >= 15 is 0 Å². The third kappa shape index (κ3) is 4.46. The first kappa shape index (κ1) is 15.8. The molecular weight excluding hydrogens is 326 g/mol. The topological polar surface area (TPSA) is 36.4 Å². The Labute approximate surface area is 136 Å². The molecule has 3 rings (SSSR count). The molecule has 4 heteroatoms. The zero-order chi connectivity index (χ0) is 13.6. The zero-order valence-corrected chi connectivity index (χ0v) is 13.9. The number of guanidine groups is 1. The van der Waals surface area contributed by atoms with Crippen LogP contribution in [0.25, 0.3) is 10.8 Å². The van der Waals surface area contributed by atoms with Crippen molar-refractivity contribution in [2.24, 2.45) is 4.99 Å². The number of benzene rings is 2. The van der Waals surface area contributed by atoms with Gasteiger partial charge in [0.05, 0.1) is 0 Å². The predicted octanol–water partition coefficient (Wildman–Crippen LogP) is 3.29. The van der Waals surface area contributed by atoms with Gasteiger partial charge in [0, 0.05) is 19.6 Å². The summed E-state index contributed by atoms with van der Waals surface area (Å²) in [6, 6.07) is 15.2. The van der Waals surface area contributed by atoms with E-state index in [1.54, 1.807) is 0 Å². The van der Waals surface area contributed by atoms with Crippen LogP contribution in [-0.2, 0) is 6.42 Å². The molecule has 3 nitrogen and oxygen atoms in total. The van der Waals surface area contributed by atoms with Crippen molar-refractivity contribution in [1.82, 2.24) is 10.6 Å². The van der Waals surface area contributed by atoms with Crippen molar-refractivity contribution in [2.75, 3.05) is 19.6 Å². The highest BCUT2D eigenvalue weighted by Crippen LogP contribution is 2.15. The largest absolute Gasteiger partial charge is 0.356 e. The van der Waals surface area contributed by atoms with Gasteiger partial charge in [-0.25, -0.2) is 0 Å². The molecule has 0 amide bonds. The summed E-state index contributed by atoms with van der Waals surface area (Å²) in [6.07, 6.45) is 3.41. The molecule has 2 aromatic rings. The number of aliphatic imine (C=N–C) groups is 1. The Morgan fingerprint density at radius 2 is 1.90 bits per heavy atom. The number of rotatable bonds is 3. The smallest absolute Gasteiger partial charge is 0.191 e. The fourth-order valence-corrected chi connectivity index (χ4v) is 2.53. The highest BCUT2D eigenvalue weighted by Gasteiger charge is 2.02. The summed E-state index contributed by atoms with van der Waals surface area (Å²) in [5, 5.41) is 9.35. The first-order chi connectivity index (χ1) is 9.92. The minimum atomic E-state index is 0. The lowest BCUT2D eigenvalue weighted by molar-refractivity contribution is 0.741. The maximum absolute atomic E-state index is 4.50. The summed E-state index contributed by atoms with van der Waals surface area (Å²) in [5.41, 5.74) is 1.37. The van der Waals surface area contributed by atoms with Gasteiger partial charge in [0.25, 0.3) is 0 Å². The van der Waals surface area contributed by atoms with E-state index < -0.39 is 0 Å². The van der Waals surface area contributed by atoms with Crippen LogP contribution in [0.2, 0.25) is 0 Å². The lowest BCUT2D eigenvalue weighted by Crippen LogP contribution is -2.38. The molecule has 0 bridgehead atoms. The maximum atomic E-state index is 4.50. The van der Waals surface area contributed by atoms with Crippen LogP contribution in [0.15, 0.2) is 47.5 Å². The summed E-state index contributed by atoms with van der Waals surface area (Å²) < 4.78 is 0. The van der Waals surface area contributed by atoms with Gasteiger partial charge >= 0.3 is 0 Å². The van der Waals surface area contributed by atoms with Gasteiger partial charge in [0.2, 0.25) is 0 Å². The third-order valence-electron chi connectivity index (χ3n) is 3.67. The van der Waals surface area contributed by atoms with Crippen molar-refractivity contribution in [3.63, 3.8) is 0 Å². The van der Waals surface area contributed by atoms with E-state index in [1.807, 2.05) is 0 Å². The minimum absolute atomic E-state index is 0. The summed E-state index contributed by atoms with van der Waals surface area (Å²) in [5.74, 6) is 0.961. The van der Waals surface area contributed by atoms with E-state index in [2.05, 4.69) is 58.1 Å². The van der Waals surface area contributed by atoms with Crippen LogP contribution in [0.3, 0.4) is 0 Å². The number of halogens is 1. The molecule has 1 heterocycles. The molecule has 1 aliphatic rings. The van der Waals surface area contributed by atoms with Crippen molar-refractivity contribution in [3.05, 3.63) is 48.0 Å². The first-order valence-corrected chi connectivity index (χ1v) is 7.42. The van der Waals surface area contributed by atoms with Crippen LogP contribution >= 0.6 is 17.0 Å². The highest BCUT2D eigenvalue weighted by atomic mass is 79.9. The van der Waals surface area contributed by atoms with Gasteiger partial charge in [-0.2, -0.15) is 0 Å². The second kappa shape index (κ2) is 8.03. The minimum Gasteiger partial charge on any atom is -0.356 e. The Kier molecular flexibility index (Phi) is 6.05. The van der Waals surface area contributed by atoms with Crippen molar-refractivity contribution >= 4 is 33.7 Å². The van der Waals surface area contributed by atoms with Gasteiger partial charge in [-0.1, -0.05) is 42.5 Å². The fourth-order valence-electron chi connectivity index (χ4n) is 2.53. The lowest BCUT2D eigenvalue weighted by atomic mass is 10.1. The van der Waals surface area contributed by atoms with Crippen LogP contribution in [-0.4, -0.2) is 25.6 Å². The number of hydrogen-bond donors (Lipinski definition) is 2. The Bertz CT molecular complexity index is 610. The number of nitrogens with one attached hydrogen (secondary N) is 2. The monoisotopic (exact) mass is 347 g/mol. The second-order valence-corrected chi connectivity index (χ2v) is 5.22. The van der Waals surface area contributed by atoms with E-state index in [9.17, 15) is 0 Å². The van der Waals surface area contributed by atoms with Crippen molar-refractivity contribution in [1.29, 1.82) is 0 Å². The molecule has 0 fully saturated rings. The molecule has 1 aliphatic heterocycles. The Balaban J connectivity index is 0.00000161. The third-order valence-corrected chi connectivity index (χ3v) is 3.67. The molecule has 21 heavy (non-hydrogen) atoms. The summed E-state index contributed by atoms with van der Waals surface area (Å²) >= 11 is 0. The molecule has 0 saturated heterocycles. The van der Waals surface area contributed by atoms with E-state index in [0.29, 0.717) is 0 Å². The molecule has 0 aromatic heterocycles. The zero-order valence-electron chi connectivity index (χ0n) is 12.1. The lowest BCUT2D eigenvalue weighted by Gasteiger charge is -2.10. The quantitative estimate of drug-likeness (QED) is 0.893.